The van der Waals surface area contributed by atoms with Crippen LogP contribution >= 0.6 is 0 Å². The monoisotopic (exact) mass is 436 g/mol. The summed E-state index contributed by atoms with van der Waals surface area (Å²) in [6.45, 7) is 9.09. The molecule has 4 fully saturated rings. The van der Waals surface area contributed by atoms with Crippen LogP contribution in [0.2, 0.25) is 0 Å². The van der Waals surface area contributed by atoms with Crippen LogP contribution in [-0.2, 0) is 15.1 Å². The van der Waals surface area contributed by atoms with Gasteiger partial charge in [0.15, 0.2) is 0 Å². The molecule has 7 atom stereocenters. The maximum absolute atomic E-state index is 13.6. The van der Waals surface area contributed by atoms with Crippen molar-refractivity contribution >= 4 is 11.8 Å². The van der Waals surface area contributed by atoms with E-state index in [1.54, 1.807) is 0 Å². The normalized spacial score (nSPS) is 41.1. The molecule has 2 amide bonds. The van der Waals surface area contributed by atoms with E-state index in [1.807, 2.05) is 18.2 Å². The van der Waals surface area contributed by atoms with Crippen molar-refractivity contribution in [3.8, 4) is 0 Å². The third-order valence-corrected chi connectivity index (χ3v) is 10.3. The molecule has 2 N–H and O–H groups in total. The second-order valence-corrected chi connectivity index (χ2v) is 12.2. The van der Waals surface area contributed by atoms with Crippen molar-refractivity contribution in [1.29, 1.82) is 0 Å². The average molecular weight is 437 g/mol. The standard InChI is InChI=1S/C28H40N2O2/c1-26(2,18-8-6-5-7-9-18)30-25(32)22-12-11-20-19-10-13-23-28(4,17-15-24(31)29-23)21(19)14-16-27(20,22)3/h5-9,19-23H,10-17H2,1-4H3,(H,29,31)(H,30,32)/t19-,20-,21+,22?,23?,27-,28+/m0/s1. The first-order valence-corrected chi connectivity index (χ1v) is 12.8. The van der Waals surface area contributed by atoms with Gasteiger partial charge in [0.25, 0.3) is 0 Å². The number of nitrogens with one attached hydrogen (secondary N) is 2. The van der Waals surface area contributed by atoms with Gasteiger partial charge in [-0.1, -0.05) is 44.2 Å². The highest BCUT2D eigenvalue weighted by Gasteiger charge is 2.61. The van der Waals surface area contributed by atoms with E-state index < -0.39 is 0 Å². The maximum Gasteiger partial charge on any atom is 0.224 e. The van der Waals surface area contributed by atoms with Crippen LogP contribution in [0.1, 0.15) is 84.6 Å². The van der Waals surface area contributed by atoms with Crippen molar-refractivity contribution in [2.75, 3.05) is 0 Å². The summed E-state index contributed by atoms with van der Waals surface area (Å²) in [5.41, 5.74) is 1.12. The van der Waals surface area contributed by atoms with Crippen LogP contribution in [-0.4, -0.2) is 17.9 Å². The molecule has 5 rings (SSSR count). The van der Waals surface area contributed by atoms with E-state index in [-0.39, 0.29) is 34.1 Å². The first-order valence-electron chi connectivity index (χ1n) is 12.8. The Labute approximate surface area is 193 Å². The van der Waals surface area contributed by atoms with Crippen LogP contribution in [0.15, 0.2) is 30.3 Å². The fraction of sp³-hybridized carbons (Fsp3) is 0.714. The Bertz CT molecular complexity index is 896. The minimum atomic E-state index is -0.365. The van der Waals surface area contributed by atoms with Crippen molar-refractivity contribution in [3.63, 3.8) is 0 Å². The number of fused-ring (bicyclic) bond motifs is 5. The molecule has 4 aliphatic rings. The Morgan fingerprint density at radius 3 is 2.44 bits per heavy atom. The fourth-order valence-corrected chi connectivity index (χ4v) is 8.45. The lowest BCUT2D eigenvalue weighted by Gasteiger charge is -2.60. The second-order valence-electron chi connectivity index (χ2n) is 12.2. The van der Waals surface area contributed by atoms with Crippen LogP contribution in [0.25, 0.3) is 0 Å². The van der Waals surface area contributed by atoms with Gasteiger partial charge in [-0.3, -0.25) is 9.59 Å². The highest BCUT2D eigenvalue weighted by atomic mass is 16.2. The molecule has 1 aliphatic heterocycles. The molecule has 0 spiro atoms. The topological polar surface area (TPSA) is 58.2 Å². The van der Waals surface area contributed by atoms with Gasteiger partial charge < -0.3 is 10.6 Å². The van der Waals surface area contributed by atoms with Crippen LogP contribution in [0.5, 0.6) is 0 Å². The number of piperidine rings is 1. The lowest BCUT2D eigenvalue weighted by atomic mass is 9.47. The third-order valence-electron chi connectivity index (χ3n) is 10.3. The van der Waals surface area contributed by atoms with Gasteiger partial charge in [0.05, 0.1) is 5.54 Å². The van der Waals surface area contributed by atoms with Crippen LogP contribution in [0.4, 0.5) is 0 Å². The van der Waals surface area contributed by atoms with E-state index in [2.05, 4.69) is 50.5 Å². The molecule has 4 heteroatoms. The van der Waals surface area contributed by atoms with E-state index in [4.69, 9.17) is 0 Å². The van der Waals surface area contributed by atoms with Crippen LogP contribution in [0, 0.1) is 34.5 Å². The van der Waals surface area contributed by atoms with Crippen molar-refractivity contribution < 1.29 is 9.59 Å². The molecule has 1 aromatic carbocycles. The average Bonchev–Trinajstić information content (AvgIpc) is 3.12. The van der Waals surface area contributed by atoms with Gasteiger partial charge in [-0.2, -0.15) is 0 Å². The minimum absolute atomic E-state index is 0.0964. The van der Waals surface area contributed by atoms with Gasteiger partial charge in [-0.05, 0) is 92.9 Å². The van der Waals surface area contributed by atoms with Gasteiger partial charge in [0, 0.05) is 18.4 Å². The molecule has 4 nitrogen and oxygen atoms in total. The highest BCUT2D eigenvalue weighted by molar-refractivity contribution is 5.81. The van der Waals surface area contributed by atoms with Gasteiger partial charge in [-0.25, -0.2) is 0 Å². The second kappa shape index (κ2) is 7.60. The summed E-state index contributed by atoms with van der Waals surface area (Å²) in [7, 11) is 0. The van der Waals surface area contributed by atoms with Gasteiger partial charge >= 0.3 is 0 Å². The largest absolute Gasteiger partial charge is 0.353 e. The van der Waals surface area contributed by atoms with Crippen molar-refractivity contribution in [2.24, 2.45) is 34.5 Å². The number of carbonyl (C=O) groups is 2. The van der Waals surface area contributed by atoms with E-state index in [9.17, 15) is 9.59 Å². The number of hydrogen-bond acceptors (Lipinski definition) is 2. The van der Waals surface area contributed by atoms with Crippen molar-refractivity contribution in [1.82, 2.24) is 10.6 Å². The van der Waals surface area contributed by atoms with Crippen molar-refractivity contribution in [3.05, 3.63) is 35.9 Å². The molecule has 0 aromatic heterocycles. The van der Waals surface area contributed by atoms with E-state index in [1.165, 1.54) is 19.3 Å². The Balaban J connectivity index is 1.34. The molecule has 2 unspecified atom stereocenters. The smallest absolute Gasteiger partial charge is 0.224 e. The lowest BCUT2D eigenvalue weighted by molar-refractivity contribution is -0.142. The fourth-order valence-electron chi connectivity index (χ4n) is 8.45. The number of rotatable bonds is 3. The van der Waals surface area contributed by atoms with E-state index in [0.717, 1.165) is 31.2 Å². The molecule has 1 saturated heterocycles. The minimum Gasteiger partial charge on any atom is -0.353 e. The Kier molecular flexibility index (Phi) is 5.22. The van der Waals surface area contributed by atoms with Crippen LogP contribution < -0.4 is 10.6 Å². The summed E-state index contributed by atoms with van der Waals surface area (Å²) < 4.78 is 0. The SMILES string of the molecule is CC(C)(NC(=O)C1CC[C@H]2[C@@H]3CCC4NC(=O)CC[C@]4(C)[C@@H]3CC[C@]12C)c1ccccc1. The Morgan fingerprint density at radius 1 is 0.969 bits per heavy atom. The molecule has 3 aliphatic carbocycles. The number of hydrogen-bond donors (Lipinski definition) is 2. The molecule has 1 heterocycles. The summed E-state index contributed by atoms with van der Waals surface area (Å²) >= 11 is 0. The maximum atomic E-state index is 13.6. The molecule has 1 aromatic rings. The first-order chi connectivity index (χ1) is 15.1. The summed E-state index contributed by atoms with van der Waals surface area (Å²) in [6, 6.07) is 10.7. The van der Waals surface area contributed by atoms with Gasteiger partial charge in [-0.15, -0.1) is 0 Å². The zero-order valence-corrected chi connectivity index (χ0v) is 20.2. The lowest BCUT2D eigenvalue weighted by Crippen LogP contribution is -2.61. The molecule has 3 saturated carbocycles. The predicted octanol–water partition coefficient (Wildman–Crippen LogP) is 5.18. The summed E-state index contributed by atoms with van der Waals surface area (Å²) in [6.07, 6.45) is 8.54. The van der Waals surface area contributed by atoms with E-state index in [0.29, 0.717) is 30.2 Å². The Morgan fingerprint density at radius 2 is 1.69 bits per heavy atom. The zero-order valence-electron chi connectivity index (χ0n) is 20.2. The zero-order chi connectivity index (χ0) is 22.7. The highest BCUT2D eigenvalue weighted by Crippen LogP contribution is 2.65. The molecule has 0 bridgehead atoms. The summed E-state index contributed by atoms with van der Waals surface area (Å²) in [5, 5.41) is 6.74. The van der Waals surface area contributed by atoms with E-state index >= 15 is 0 Å². The van der Waals surface area contributed by atoms with Gasteiger partial charge in [0.2, 0.25) is 11.8 Å². The molecule has 174 valence electrons. The molecule has 32 heavy (non-hydrogen) atoms. The third kappa shape index (κ3) is 3.31. The molecular formula is C28H40N2O2. The number of amides is 2. The number of benzene rings is 1. The Hall–Kier alpha value is -1.84. The predicted molar refractivity (Wildman–Crippen MR) is 127 cm³/mol. The first kappa shape index (κ1) is 22.0. The molecular weight excluding hydrogens is 396 g/mol. The quantitative estimate of drug-likeness (QED) is 0.686. The van der Waals surface area contributed by atoms with Crippen molar-refractivity contribution in [2.45, 2.75) is 90.6 Å². The van der Waals surface area contributed by atoms with Gasteiger partial charge in [0.1, 0.15) is 0 Å². The van der Waals surface area contributed by atoms with Crippen LogP contribution in [0.3, 0.4) is 0 Å². The molecule has 0 radical (unpaired) electrons. The summed E-state index contributed by atoms with van der Waals surface area (Å²) in [4.78, 5) is 25.7. The summed E-state index contributed by atoms with van der Waals surface area (Å²) in [5.74, 6) is 2.60. The number of carbonyl (C=O) groups excluding carboxylic acids is 2.